The van der Waals surface area contributed by atoms with Gasteiger partial charge in [0.25, 0.3) is 0 Å². The fourth-order valence-electron chi connectivity index (χ4n) is 1.46. The molecular formula is C13H26N2O3S. The minimum atomic E-state index is -0.826. The second-order valence-corrected chi connectivity index (χ2v) is 6.92. The number of aliphatic carboxylic acids is 1. The van der Waals surface area contributed by atoms with Gasteiger partial charge < -0.3 is 15.3 Å². The van der Waals surface area contributed by atoms with Crippen molar-refractivity contribution < 1.29 is 14.7 Å². The van der Waals surface area contributed by atoms with Gasteiger partial charge in [0, 0.05) is 30.3 Å². The Morgan fingerprint density at radius 2 is 1.95 bits per heavy atom. The Balaban J connectivity index is 4.30. The molecule has 0 spiro atoms. The van der Waals surface area contributed by atoms with Crippen LogP contribution < -0.4 is 5.32 Å². The average Bonchev–Trinajstić information content (AvgIpc) is 2.31. The molecule has 112 valence electrons. The van der Waals surface area contributed by atoms with Gasteiger partial charge in [-0.1, -0.05) is 0 Å². The van der Waals surface area contributed by atoms with Crippen molar-refractivity contribution in [1.29, 1.82) is 0 Å². The highest BCUT2D eigenvalue weighted by Gasteiger charge is 2.21. The van der Waals surface area contributed by atoms with Crippen LogP contribution in [0.3, 0.4) is 0 Å². The highest BCUT2D eigenvalue weighted by Crippen LogP contribution is 2.19. The van der Waals surface area contributed by atoms with Crippen molar-refractivity contribution in [2.24, 2.45) is 0 Å². The molecule has 0 radical (unpaired) electrons. The molecule has 0 aromatic carbocycles. The van der Waals surface area contributed by atoms with Crippen LogP contribution in [0.5, 0.6) is 0 Å². The Hall–Kier alpha value is -0.910. The summed E-state index contributed by atoms with van der Waals surface area (Å²) < 4.78 is -0.000621. The first kappa shape index (κ1) is 18.1. The fourth-order valence-corrected chi connectivity index (χ4v) is 1.67. The van der Waals surface area contributed by atoms with Crippen molar-refractivity contribution in [3.63, 3.8) is 0 Å². The maximum atomic E-state index is 12.1. The molecule has 19 heavy (non-hydrogen) atoms. The molecule has 0 aromatic rings. The molecule has 0 saturated carbocycles. The molecule has 0 rings (SSSR count). The summed E-state index contributed by atoms with van der Waals surface area (Å²) in [5, 5.41) is 11.5. The van der Waals surface area contributed by atoms with Crippen molar-refractivity contribution in [1.82, 2.24) is 10.2 Å². The topological polar surface area (TPSA) is 69.6 Å². The number of nitrogens with one attached hydrogen (secondary N) is 1. The van der Waals surface area contributed by atoms with E-state index in [0.29, 0.717) is 19.5 Å². The molecule has 2 N–H and O–H groups in total. The van der Waals surface area contributed by atoms with Gasteiger partial charge in [0.2, 0.25) is 0 Å². The lowest BCUT2D eigenvalue weighted by Gasteiger charge is -2.29. The molecule has 0 saturated heterocycles. The summed E-state index contributed by atoms with van der Waals surface area (Å²) in [5.41, 5.74) is 0. The lowest BCUT2D eigenvalue weighted by atomic mass is 10.2. The van der Waals surface area contributed by atoms with E-state index < -0.39 is 5.97 Å². The minimum absolute atomic E-state index is 0.000621. The molecule has 0 aliphatic heterocycles. The number of carbonyl (C=O) groups is 2. The summed E-state index contributed by atoms with van der Waals surface area (Å²) >= 11 is 1.70. The van der Waals surface area contributed by atoms with Crippen molar-refractivity contribution in [3.8, 4) is 0 Å². The number of nitrogens with zero attached hydrogens (tertiary/aromatic N) is 1. The highest BCUT2D eigenvalue weighted by molar-refractivity contribution is 7.99. The first-order chi connectivity index (χ1) is 8.69. The standard InChI is InChI=1S/C13H26N2O3S/c1-10(2)15(8-6-7-11(16)17)12(18)14-9-13(3,4)19-5/h10H,6-9H2,1-5H3,(H,14,18)(H,16,17). The number of amides is 2. The summed E-state index contributed by atoms with van der Waals surface area (Å²) in [6.07, 6.45) is 2.58. The average molecular weight is 290 g/mol. The van der Waals surface area contributed by atoms with Gasteiger partial charge in [0.05, 0.1) is 0 Å². The molecule has 0 heterocycles. The molecule has 0 bridgehead atoms. The van der Waals surface area contributed by atoms with E-state index in [4.69, 9.17) is 5.11 Å². The molecular weight excluding hydrogens is 264 g/mol. The number of thioether (sulfide) groups is 1. The second kappa shape index (κ2) is 8.30. The molecule has 0 unspecified atom stereocenters. The van der Waals surface area contributed by atoms with Crippen LogP contribution in [0.25, 0.3) is 0 Å². The van der Waals surface area contributed by atoms with Crippen LogP contribution in [0.15, 0.2) is 0 Å². The normalized spacial score (nSPS) is 11.5. The Morgan fingerprint density at radius 3 is 2.37 bits per heavy atom. The van der Waals surface area contributed by atoms with Crippen LogP contribution in [0.1, 0.15) is 40.5 Å². The monoisotopic (exact) mass is 290 g/mol. The lowest BCUT2D eigenvalue weighted by Crippen LogP contribution is -2.47. The minimum Gasteiger partial charge on any atom is -0.481 e. The third kappa shape index (κ3) is 7.97. The predicted molar refractivity (Wildman–Crippen MR) is 79.7 cm³/mol. The SMILES string of the molecule is CSC(C)(C)CNC(=O)N(CCCC(=O)O)C(C)C. The first-order valence-corrected chi connectivity index (χ1v) is 7.73. The number of urea groups is 1. The van der Waals surface area contributed by atoms with E-state index in [0.717, 1.165) is 0 Å². The van der Waals surface area contributed by atoms with Gasteiger partial charge in [0.1, 0.15) is 0 Å². The molecule has 0 aliphatic carbocycles. The smallest absolute Gasteiger partial charge is 0.317 e. The van der Waals surface area contributed by atoms with Crippen molar-refractivity contribution in [3.05, 3.63) is 0 Å². The van der Waals surface area contributed by atoms with Gasteiger partial charge >= 0.3 is 12.0 Å². The second-order valence-electron chi connectivity index (χ2n) is 5.41. The van der Waals surface area contributed by atoms with Gasteiger partial charge in [-0.05, 0) is 40.4 Å². The Morgan fingerprint density at radius 1 is 1.37 bits per heavy atom. The third-order valence-electron chi connectivity index (χ3n) is 2.89. The largest absolute Gasteiger partial charge is 0.481 e. The van der Waals surface area contributed by atoms with Crippen molar-refractivity contribution in [2.45, 2.75) is 51.3 Å². The van der Waals surface area contributed by atoms with Crippen LogP contribution in [-0.2, 0) is 4.79 Å². The maximum absolute atomic E-state index is 12.1. The molecule has 0 aliphatic rings. The van der Waals surface area contributed by atoms with Crippen LogP contribution >= 0.6 is 11.8 Å². The zero-order valence-corrected chi connectivity index (χ0v) is 13.3. The van der Waals surface area contributed by atoms with E-state index in [1.165, 1.54) is 0 Å². The van der Waals surface area contributed by atoms with E-state index in [9.17, 15) is 9.59 Å². The van der Waals surface area contributed by atoms with E-state index in [2.05, 4.69) is 19.2 Å². The predicted octanol–water partition coefficient (Wildman–Crippen LogP) is 2.41. The van der Waals surface area contributed by atoms with Crippen LogP contribution in [0.4, 0.5) is 4.79 Å². The molecule has 2 amide bonds. The van der Waals surface area contributed by atoms with Crippen LogP contribution in [0, 0.1) is 0 Å². The summed E-state index contributed by atoms with van der Waals surface area (Å²) in [7, 11) is 0. The van der Waals surface area contributed by atoms with E-state index in [1.54, 1.807) is 16.7 Å². The van der Waals surface area contributed by atoms with Crippen molar-refractivity contribution >= 4 is 23.8 Å². The van der Waals surface area contributed by atoms with Crippen LogP contribution in [0.2, 0.25) is 0 Å². The van der Waals surface area contributed by atoms with Crippen molar-refractivity contribution in [2.75, 3.05) is 19.3 Å². The summed E-state index contributed by atoms with van der Waals surface area (Å²) in [5.74, 6) is -0.826. The molecule has 0 fully saturated rings. The molecule has 0 atom stereocenters. The lowest BCUT2D eigenvalue weighted by molar-refractivity contribution is -0.137. The van der Waals surface area contributed by atoms with Gasteiger partial charge in [-0.15, -0.1) is 0 Å². The Labute approximate surface area is 120 Å². The summed E-state index contributed by atoms with van der Waals surface area (Å²) in [6, 6.07) is -0.0614. The van der Waals surface area contributed by atoms with E-state index in [1.807, 2.05) is 20.1 Å². The molecule has 0 aromatic heterocycles. The number of hydrogen-bond acceptors (Lipinski definition) is 3. The van der Waals surface area contributed by atoms with Gasteiger partial charge in [-0.25, -0.2) is 4.79 Å². The van der Waals surface area contributed by atoms with E-state index in [-0.39, 0.29) is 23.2 Å². The number of hydrogen-bond donors (Lipinski definition) is 2. The number of carbonyl (C=O) groups excluding carboxylic acids is 1. The molecule has 6 heteroatoms. The molecule has 5 nitrogen and oxygen atoms in total. The Kier molecular flexibility index (Phi) is 7.90. The zero-order chi connectivity index (χ0) is 15.1. The first-order valence-electron chi connectivity index (χ1n) is 6.51. The Bertz CT molecular complexity index is 306. The third-order valence-corrected chi connectivity index (χ3v) is 4.14. The fraction of sp³-hybridized carbons (Fsp3) is 0.846. The van der Waals surface area contributed by atoms with Crippen LogP contribution in [-0.4, -0.2) is 52.1 Å². The van der Waals surface area contributed by atoms with E-state index >= 15 is 0 Å². The highest BCUT2D eigenvalue weighted by atomic mass is 32.2. The maximum Gasteiger partial charge on any atom is 0.317 e. The van der Waals surface area contributed by atoms with Gasteiger partial charge in [-0.3, -0.25) is 4.79 Å². The quantitative estimate of drug-likeness (QED) is 0.720. The number of carboxylic acids is 1. The van der Waals surface area contributed by atoms with Gasteiger partial charge in [0.15, 0.2) is 0 Å². The zero-order valence-electron chi connectivity index (χ0n) is 12.5. The number of carboxylic acid groups (broad SMARTS) is 1. The summed E-state index contributed by atoms with van der Waals surface area (Å²) in [6.45, 7) is 9.06. The summed E-state index contributed by atoms with van der Waals surface area (Å²) in [4.78, 5) is 24.3. The van der Waals surface area contributed by atoms with Gasteiger partial charge in [-0.2, -0.15) is 11.8 Å². The number of rotatable bonds is 8.